The van der Waals surface area contributed by atoms with Crippen molar-refractivity contribution in [1.82, 2.24) is 0 Å². The number of rotatable bonds is 3. The van der Waals surface area contributed by atoms with Gasteiger partial charge in [-0.15, -0.1) is 0 Å². The predicted molar refractivity (Wildman–Crippen MR) is 95.9 cm³/mol. The molecule has 0 N–H and O–H groups in total. The van der Waals surface area contributed by atoms with Crippen LogP contribution in [-0.2, 0) is 10.1 Å². The summed E-state index contributed by atoms with van der Waals surface area (Å²) in [6.45, 7) is 0. The maximum Gasteiger partial charge on any atom is 0.339 e. The molecule has 0 saturated carbocycles. The lowest BCUT2D eigenvalue weighted by atomic mass is 10.1. The standard InChI is InChI=1S/C18H12ClNO4S/c1-20-15-9-10-16(13-3-2-4-14(17(13)15)18(20)21)25(22,23)24-12-7-5-11(19)6-8-12/h2-10H,1H3. The second-order valence-corrected chi connectivity index (χ2v) is 7.62. The van der Waals surface area contributed by atoms with E-state index in [0.29, 0.717) is 27.0 Å². The van der Waals surface area contributed by atoms with E-state index in [4.69, 9.17) is 15.8 Å². The van der Waals surface area contributed by atoms with E-state index in [1.807, 2.05) is 0 Å². The second kappa shape index (κ2) is 5.47. The molecule has 0 atom stereocenters. The summed E-state index contributed by atoms with van der Waals surface area (Å²) < 4.78 is 30.7. The van der Waals surface area contributed by atoms with E-state index in [1.165, 1.54) is 23.1 Å². The molecule has 0 fully saturated rings. The second-order valence-electron chi connectivity index (χ2n) is 5.67. The van der Waals surface area contributed by atoms with E-state index in [1.54, 1.807) is 43.4 Å². The Morgan fingerprint density at radius 3 is 2.44 bits per heavy atom. The van der Waals surface area contributed by atoms with Gasteiger partial charge in [-0.2, -0.15) is 8.42 Å². The Kier molecular flexibility index (Phi) is 3.49. The maximum absolute atomic E-state index is 12.8. The number of halogens is 1. The topological polar surface area (TPSA) is 63.7 Å². The SMILES string of the molecule is CN1C(=O)c2cccc3c(S(=O)(=O)Oc4ccc(Cl)cc4)ccc1c23. The zero-order valence-corrected chi connectivity index (χ0v) is 14.6. The van der Waals surface area contributed by atoms with E-state index in [-0.39, 0.29) is 16.6 Å². The molecule has 4 rings (SSSR count). The van der Waals surface area contributed by atoms with Crippen LogP contribution in [0.1, 0.15) is 10.4 Å². The summed E-state index contributed by atoms with van der Waals surface area (Å²) in [5, 5.41) is 1.56. The predicted octanol–water partition coefficient (Wildman–Crippen LogP) is 3.85. The van der Waals surface area contributed by atoms with Crippen molar-refractivity contribution in [3.05, 3.63) is 65.2 Å². The molecule has 7 heteroatoms. The fraction of sp³-hybridized carbons (Fsp3) is 0.0556. The molecule has 126 valence electrons. The van der Waals surface area contributed by atoms with Crippen molar-refractivity contribution in [2.24, 2.45) is 0 Å². The van der Waals surface area contributed by atoms with Gasteiger partial charge in [0.25, 0.3) is 5.91 Å². The summed E-state index contributed by atoms with van der Waals surface area (Å²) >= 11 is 5.81. The van der Waals surface area contributed by atoms with Crippen LogP contribution in [0.2, 0.25) is 5.02 Å². The Bertz CT molecular complexity index is 1120. The van der Waals surface area contributed by atoms with Crippen molar-refractivity contribution in [3.8, 4) is 5.75 Å². The summed E-state index contributed by atoms with van der Waals surface area (Å²) in [5.41, 5.74) is 1.17. The van der Waals surface area contributed by atoms with Crippen LogP contribution in [0.15, 0.2) is 59.5 Å². The molecular formula is C18H12ClNO4S. The minimum Gasteiger partial charge on any atom is -0.379 e. The number of hydrogen-bond donors (Lipinski definition) is 0. The van der Waals surface area contributed by atoms with Crippen molar-refractivity contribution < 1.29 is 17.4 Å². The van der Waals surface area contributed by atoms with Gasteiger partial charge < -0.3 is 9.08 Å². The number of carbonyl (C=O) groups excluding carboxylic acids is 1. The van der Waals surface area contributed by atoms with Gasteiger partial charge in [0.1, 0.15) is 10.6 Å². The van der Waals surface area contributed by atoms with Gasteiger partial charge in [0, 0.05) is 28.4 Å². The van der Waals surface area contributed by atoms with Crippen molar-refractivity contribution in [1.29, 1.82) is 0 Å². The number of carbonyl (C=O) groups is 1. The number of hydrogen-bond acceptors (Lipinski definition) is 4. The molecule has 0 aliphatic carbocycles. The van der Waals surface area contributed by atoms with Crippen molar-refractivity contribution in [3.63, 3.8) is 0 Å². The van der Waals surface area contributed by atoms with Gasteiger partial charge >= 0.3 is 10.1 Å². The van der Waals surface area contributed by atoms with Gasteiger partial charge in [-0.3, -0.25) is 4.79 Å². The summed E-state index contributed by atoms with van der Waals surface area (Å²) in [6, 6.07) is 14.2. The van der Waals surface area contributed by atoms with Crippen LogP contribution in [0.25, 0.3) is 10.8 Å². The molecule has 1 heterocycles. The average Bonchev–Trinajstić information content (AvgIpc) is 2.84. The van der Waals surface area contributed by atoms with Crippen molar-refractivity contribution in [2.45, 2.75) is 4.90 Å². The van der Waals surface area contributed by atoms with E-state index in [9.17, 15) is 13.2 Å². The highest BCUT2D eigenvalue weighted by molar-refractivity contribution is 7.87. The van der Waals surface area contributed by atoms with Crippen LogP contribution in [0, 0.1) is 0 Å². The van der Waals surface area contributed by atoms with Gasteiger partial charge in [-0.1, -0.05) is 23.7 Å². The zero-order chi connectivity index (χ0) is 17.8. The summed E-state index contributed by atoms with van der Waals surface area (Å²) in [4.78, 5) is 13.8. The highest BCUT2D eigenvalue weighted by Crippen LogP contribution is 2.39. The van der Waals surface area contributed by atoms with E-state index < -0.39 is 10.1 Å². The molecule has 1 aliphatic heterocycles. The molecule has 3 aromatic rings. The van der Waals surface area contributed by atoms with Crippen LogP contribution in [-0.4, -0.2) is 21.4 Å². The number of nitrogens with zero attached hydrogens (tertiary/aromatic N) is 1. The van der Waals surface area contributed by atoms with Crippen LogP contribution in [0.5, 0.6) is 5.75 Å². The summed E-state index contributed by atoms with van der Waals surface area (Å²) in [7, 11) is -2.40. The Morgan fingerprint density at radius 2 is 1.72 bits per heavy atom. The third-order valence-corrected chi connectivity index (χ3v) is 5.72. The van der Waals surface area contributed by atoms with Gasteiger partial charge in [0.2, 0.25) is 0 Å². The molecule has 5 nitrogen and oxygen atoms in total. The molecule has 25 heavy (non-hydrogen) atoms. The highest BCUT2D eigenvalue weighted by Gasteiger charge is 2.30. The summed E-state index contributed by atoms with van der Waals surface area (Å²) in [5.74, 6) is 0.00890. The molecule has 0 saturated heterocycles. The van der Waals surface area contributed by atoms with E-state index in [2.05, 4.69) is 0 Å². The number of benzene rings is 3. The molecule has 3 aromatic carbocycles. The first-order valence-electron chi connectivity index (χ1n) is 7.42. The lowest BCUT2D eigenvalue weighted by molar-refractivity contribution is 0.0999. The highest BCUT2D eigenvalue weighted by atomic mass is 35.5. The largest absolute Gasteiger partial charge is 0.379 e. The first-order valence-corrected chi connectivity index (χ1v) is 9.21. The Hall–Kier alpha value is -2.57. The molecule has 0 radical (unpaired) electrons. The molecule has 0 unspecified atom stereocenters. The van der Waals surface area contributed by atoms with Crippen molar-refractivity contribution >= 4 is 44.1 Å². The van der Waals surface area contributed by atoms with E-state index in [0.717, 1.165) is 0 Å². The maximum atomic E-state index is 12.8. The van der Waals surface area contributed by atoms with Gasteiger partial charge in [-0.25, -0.2) is 0 Å². The third-order valence-electron chi connectivity index (χ3n) is 4.16. The van der Waals surface area contributed by atoms with E-state index >= 15 is 0 Å². The summed E-state index contributed by atoms with van der Waals surface area (Å²) in [6.07, 6.45) is 0. The van der Waals surface area contributed by atoms with Crippen LogP contribution >= 0.6 is 11.6 Å². The lowest BCUT2D eigenvalue weighted by Crippen LogP contribution is -2.20. The minimum absolute atomic E-state index is 0.0196. The fourth-order valence-corrected chi connectivity index (χ4v) is 4.24. The Balaban J connectivity index is 1.88. The van der Waals surface area contributed by atoms with Crippen LogP contribution in [0.4, 0.5) is 5.69 Å². The zero-order valence-electron chi connectivity index (χ0n) is 13.1. The lowest BCUT2D eigenvalue weighted by Gasteiger charge is -2.12. The van der Waals surface area contributed by atoms with Gasteiger partial charge in [-0.05, 0) is 42.5 Å². The Morgan fingerprint density at radius 1 is 1.00 bits per heavy atom. The monoisotopic (exact) mass is 373 g/mol. The van der Waals surface area contributed by atoms with Crippen LogP contribution < -0.4 is 9.08 Å². The molecule has 1 aliphatic rings. The van der Waals surface area contributed by atoms with Gasteiger partial charge in [0.15, 0.2) is 0 Å². The van der Waals surface area contributed by atoms with Gasteiger partial charge in [0.05, 0.1) is 5.69 Å². The number of anilines is 1. The first kappa shape index (κ1) is 15.9. The normalized spacial score (nSPS) is 13.5. The van der Waals surface area contributed by atoms with Crippen molar-refractivity contribution in [2.75, 3.05) is 11.9 Å². The molecular weight excluding hydrogens is 362 g/mol. The molecule has 1 amide bonds. The third kappa shape index (κ3) is 2.45. The van der Waals surface area contributed by atoms with Crippen LogP contribution in [0.3, 0.4) is 0 Å². The first-order chi connectivity index (χ1) is 11.9. The average molecular weight is 374 g/mol. The smallest absolute Gasteiger partial charge is 0.339 e. The number of amides is 1. The molecule has 0 spiro atoms. The minimum atomic E-state index is -4.07. The Labute approximate surface area is 149 Å². The fourth-order valence-electron chi connectivity index (χ4n) is 2.99. The quantitative estimate of drug-likeness (QED) is 0.654. The molecule has 0 aromatic heterocycles. The molecule has 0 bridgehead atoms.